The van der Waals surface area contributed by atoms with Gasteiger partial charge in [0.2, 0.25) is 0 Å². The minimum absolute atomic E-state index is 0.159. The molecule has 132 valence electrons. The summed E-state index contributed by atoms with van der Waals surface area (Å²) in [7, 11) is 1.69. The first-order chi connectivity index (χ1) is 11.6. The van der Waals surface area contributed by atoms with E-state index in [1.165, 1.54) is 6.20 Å². The van der Waals surface area contributed by atoms with Crippen LogP contribution in [0.5, 0.6) is 0 Å². The van der Waals surface area contributed by atoms with E-state index in [4.69, 9.17) is 14.2 Å². The largest absolute Gasteiger partial charge is 0.465 e. The number of carbonyl (C=O) groups excluding carboxylic acids is 2. The molecule has 2 rings (SSSR count). The van der Waals surface area contributed by atoms with Gasteiger partial charge in [-0.25, -0.2) is 4.79 Å². The van der Waals surface area contributed by atoms with Gasteiger partial charge in [-0.1, -0.05) is 0 Å². The minimum Gasteiger partial charge on any atom is -0.465 e. The fourth-order valence-corrected chi connectivity index (χ4v) is 3.17. The number of carbonyl (C=O) groups is 2. The standard InChI is InChI=1S/C18H25NO5/c1-4-23-16(20)13-6-7-15(19-12-13)18(17(21)24-5-2)10-8-14(22-3)9-11-18/h6-7,12,14H,4-5,8-11H2,1-3H3. The number of esters is 2. The summed E-state index contributed by atoms with van der Waals surface area (Å²) < 4.78 is 15.7. The second-order valence-corrected chi connectivity index (χ2v) is 5.89. The van der Waals surface area contributed by atoms with Crippen molar-refractivity contribution in [3.05, 3.63) is 29.6 Å². The Morgan fingerprint density at radius 3 is 2.33 bits per heavy atom. The molecule has 0 radical (unpaired) electrons. The van der Waals surface area contributed by atoms with Gasteiger partial charge in [-0.2, -0.15) is 0 Å². The molecule has 0 aromatic carbocycles. The summed E-state index contributed by atoms with van der Waals surface area (Å²) in [5.74, 6) is -0.666. The van der Waals surface area contributed by atoms with E-state index in [0.29, 0.717) is 37.3 Å². The van der Waals surface area contributed by atoms with E-state index in [2.05, 4.69) is 4.98 Å². The number of pyridine rings is 1. The van der Waals surface area contributed by atoms with Crippen molar-refractivity contribution in [2.24, 2.45) is 0 Å². The highest BCUT2D eigenvalue weighted by atomic mass is 16.5. The first kappa shape index (κ1) is 18.4. The Labute approximate surface area is 142 Å². The van der Waals surface area contributed by atoms with E-state index in [1.54, 1.807) is 33.1 Å². The lowest BCUT2D eigenvalue weighted by atomic mass is 9.70. The topological polar surface area (TPSA) is 74.7 Å². The van der Waals surface area contributed by atoms with E-state index in [0.717, 1.165) is 12.8 Å². The van der Waals surface area contributed by atoms with Gasteiger partial charge < -0.3 is 14.2 Å². The second kappa shape index (κ2) is 8.24. The number of rotatable bonds is 6. The monoisotopic (exact) mass is 335 g/mol. The summed E-state index contributed by atoms with van der Waals surface area (Å²) >= 11 is 0. The van der Waals surface area contributed by atoms with Crippen molar-refractivity contribution < 1.29 is 23.8 Å². The molecule has 0 aliphatic heterocycles. The van der Waals surface area contributed by atoms with Crippen LogP contribution < -0.4 is 0 Å². The van der Waals surface area contributed by atoms with Gasteiger partial charge in [0.25, 0.3) is 0 Å². The maximum absolute atomic E-state index is 12.6. The molecule has 0 atom stereocenters. The van der Waals surface area contributed by atoms with Gasteiger partial charge in [0.1, 0.15) is 5.41 Å². The van der Waals surface area contributed by atoms with Crippen molar-refractivity contribution in [3.8, 4) is 0 Å². The average molecular weight is 335 g/mol. The number of aromatic nitrogens is 1. The van der Waals surface area contributed by atoms with Gasteiger partial charge in [0, 0.05) is 13.3 Å². The fraction of sp³-hybridized carbons (Fsp3) is 0.611. The number of ether oxygens (including phenoxy) is 3. The van der Waals surface area contributed by atoms with E-state index in [1.807, 2.05) is 0 Å². The van der Waals surface area contributed by atoms with E-state index < -0.39 is 11.4 Å². The van der Waals surface area contributed by atoms with Crippen LogP contribution in [0.15, 0.2) is 18.3 Å². The summed E-state index contributed by atoms with van der Waals surface area (Å²) in [4.78, 5) is 28.8. The molecular weight excluding hydrogens is 310 g/mol. The van der Waals surface area contributed by atoms with Crippen molar-refractivity contribution in [2.45, 2.75) is 51.0 Å². The molecule has 0 N–H and O–H groups in total. The van der Waals surface area contributed by atoms with E-state index in [9.17, 15) is 9.59 Å². The molecule has 24 heavy (non-hydrogen) atoms. The molecule has 6 heteroatoms. The molecule has 1 saturated carbocycles. The number of hydrogen-bond acceptors (Lipinski definition) is 6. The van der Waals surface area contributed by atoms with Crippen LogP contribution in [0.2, 0.25) is 0 Å². The third-order valence-electron chi connectivity index (χ3n) is 4.55. The summed E-state index contributed by atoms with van der Waals surface area (Å²) in [6.45, 7) is 4.19. The second-order valence-electron chi connectivity index (χ2n) is 5.89. The highest BCUT2D eigenvalue weighted by Gasteiger charge is 2.45. The SMILES string of the molecule is CCOC(=O)c1ccc(C2(C(=O)OCC)CCC(OC)CC2)nc1. The molecule has 6 nitrogen and oxygen atoms in total. The van der Waals surface area contributed by atoms with E-state index in [-0.39, 0.29) is 12.1 Å². The van der Waals surface area contributed by atoms with Gasteiger partial charge in [-0.15, -0.1) is 0 Å². The van der Waals surface area contributed by atoms with Crippen LogP contribution in [0, 0.1) is 0 Å². The average Bonchev–Trinajstić information content (AvgIpc) is 2.62. The predicted molar refractivity (Wildman–Crippen MR) is 87.8 cm³/mol. The van der Waals surface area contributed by atoms with Crippen LogP contribution >= 0.6 is 0 Å². The molecule has 1 aliphatic carbocycles. The predicted octanol–water partition coefficient (Wildman–Crippen LogP) is 2.65. The normalized spacial score (nSPS) is 23.5. The Balaban J connectivity index is 2.27. The molecular formula is C18H25NO5. The molecule has 0 bridgehead atoms. The van der Waals surface area contributed by atoms with Crippen LogP contribution in [0.3, 0.4) is 0 Å². The third-order valence-corrected chi connectivity index (χ3v) is 4.55. The van der Waals surface area contributed by atoms with Crippen molar-refractivity contribution in [1.29, 1.82) is 0 Å². The first-order valence-electron chi connectivity index (χ1n) is 8.41. The van der Waals surface area contributed by atoms with Crippen molar-refractivity contribution in [1.82, 2.24) is 4.98 Å². The number of nitrogens with zero attached hydrogens (tertiary/aromatic N) is 1. The van der Waals surface area contributed by atoms with Crippen molar-refractivity contribution >= 4 is 11.9 Å². The summed E-state index contributed by atoms with van der Waals surface area (Å²) in [6, 6.07) is 3.39. The summed E-state index contributed by atoms with van der Waals surface area (Å²) in [6.07, 6.45) is 4.42. The van der Waals surface area contributed by atoms with Crippen molar-refractivity contribution in [3.63, 3.8) is 0 Å². The van der Waals surface area contributed by atoms with Gasteiger partial charge in [-0.05, 0) is 51.7 Å². The Bertz CT molecular complexity index is 561. The van der Waals surface area contributed by atoms with Crippen LogP contribution in [-0.2, 0) is 24.4 Å². The molecule has 1 aliphatic rings. The van der Waals surface area contributed by atoms with Crippen molar-refractivity contribution in [2.75, 3.05) is 20.3 Å². The van der Waals surface area contributed by atoms with Crippen LogP contribution in [-0.4, -0.2) is 43.4 Å². The van der Waals surface area contributed by atoms with Crippen LogP contribution in [0.4, 0.5) is 0 Å². The maximum atomic E-state index is 12.6. The summed E-state index contributed by atoms with van der Waals surface area (Å²) in [5.41, 5.74) is 0.256. The van der Waals surface area contributed by atoms with Gasteiger partial charge in [-0.3, -0.25) is 9.78 Å². The smallest absolute Gasteiger partial charge is 0.339 e. The third kappa shape index (κ3) is 3.75. The Hall–Kier alpha value is -1.95. The molecule has 0 spiro atoms. The Morgan fingerprint density at radius 1 is 1.17 bits per heavy atom. The minimum atomic E-state index is -0.766. The lowest BCUT2D eigenvalue weighted by molar-refractivity contribution is -0.153. The van der Waals surface area contributed by atoms with Crippen LogP contribution in [0.25, 0.3) is 0 Å². The zero-order valence-corrected chi connectivity index (χ0v) is 14.5. The Kier molecular flexibility index (Phi) is 6.31. The number of hydrogen-bond donors (Lipinski definition) is 0. The summed E-state index contributed by atoms with van der Waals surface area (Å²) in [5, 5.41) is 0. The fourth-order valence-electron chi connectivity index (χ4n) is 3.17. The highest BCUT2D eigenvalue weighted by Crippen LogP contribution is 2.40. The molecule has 1 fully saturated rings. The molecule has 0 saturated heterocycles. The molecule has 0 amide bonds. The maximum Gasteiger partial charge on any atom is 0.339 e. The van der Waals surface area contributed by atoms with Gasteiger partial charge >= 0.3 is 11.9 Å². The number of methoxy groups -OCH3 is 1. The lowest BCUT2D eigenvalue weighted by Crippen LogP contribution is -2.43. The van der Waals surface area contributed by atoms with Gasteiger partial charge in [0.15, 0.2) is 0 Å². The molecule has 1 aromatic rings. The van der Waals surface area contributed by atoms with Gasteiger partial charge in [0.05, 0.1) is 30.6 Å². The molecule has 1 heterocycles. The molecule has 0 unspecified atom stereocenters. The highest BCUT2D eigenvalue weighted by molar-refractivity contribution is 5.89. The lowest BCUT2D eigenvalue weighted by Gasteiger charge is -2.37. The van der Waals surface area contributed by atoms with Crippen LogP contribution in [0.1, 0.15) is 55.6 Å². The molecule has 1 aromatic heterocycles. The zero-order chi connectivity index (χ0) is 17.6. The Morgan fingerprint density at radius 2 is 1.83 bits per heavy atom. The zero-order valence-electron chi connectivity index (χ0n) is 14.5. The quantitative estimate of drug-likeness (QED) is 0.744. The van der Waals surface area contributed by atoms with E-state index >= 15 is 0 Å². The first-order valence-corrected chi connectivity index (χ1v) is 8.41.